The fraction of sp³-hybridized carbons (Fsp3) is 0.429. The minimum atomic E-state index is -0.912. The van der Waals surface area contributed by atoms with E-state index in [0.717, 1.165) is 6.42 Å². The van der Waals surface area contributed by atoms with Crippen LogP contribution < -0.4 is 10.1 Å². The van der Waals surface area contributed by atoms with Gasteiger partial charge in [-0.1, -0.05) is 24.9 Å². The molecule has 0 fully saturated rings. The number of benzene rings is 1. The summed E-state index contributed by atoms with van der Waals surface area (Å²) >= 11 is 5.85. The lowest BCUT2D eigenvalue weighted by Crippen LogP contribution is -2.33. The molecule has 1 amide bonds. The topological polar surface area (TPSA) is 75.6 Å². The second-order valence-corrected chi connectivity index (χ2v) is 4.81. The number of nitrogens with one attached hydrogen (secondary N) is 1. The summed E-state index contributed by atoms with van der Waals surface area (Å²) in [6, 6.07) is 4.71. The molecule has 0 saturated carbocycles. The number of carboxylic acids is 1. The van der Waals surface area contributed by atoms with E-state index in [-0.39, 0.29) is 6.54 Å². The molecular formula is C14H18ClNO4. The van der Waals surface area contributed by atoms with Gasteiger partial charge >= 0.3 is 5.97 Å². The van der Waals surface area contributed by atoms with Crippen molar-refractivity contribution >= 4 is 23.5 Å². The summed E-state index contributed by atoms with van der Waals surface area (Å²) in [6.45, 7) is 1.98. The van der Waals surface area contributed by atoms with Crippen molar-refractivity contribution in [2.24, 2.45) is 5.92 Å². The van der Waals surface area contributed by atoms with E-state index >= 15 is 0 Å². The van der Waals surface area contributed by atoms with Crippen molar-refractivity contribution < 1.29 is 19.4 Å². The first kappa shape index (κ1) is 16.3. The maximum atomic E-state index is 12.1. The van der Waals surface area contributed by atoms with Crippen LogP contribution in [0.2, 0.25) is 5.02 Å². The molecule has 1 rings (SSSR count). The van der Waals surface area contributed by atoms with Crippen LogP contribution in [0.4, 0.5) is 0 Å². The van der Waals surface area contributed by atoms with Crippen LogP contribution in [-0.2, 0) is 4.79 Å². The Morgan fingerprint density at radius 3 is 2.70 bits per heavy atom. The average molecular weight is 300 g/mol. The Labute approximate surface area is 122 Å². The van der Waals surface area contributed by atoms with Gasteiger partial charge in [0.05, 0.1) is 18.6 Å². The molecule has 0 aliphatic carbocycles. The summed E-state index contributed by atoms with van der Waals surface area (Å²) in [5.41, 5.74) is 0.292. The van der Waals surface area contributed by atoms with Gasteiger partial charge in [-0.05, 0) is 24.6 Å². The lowest BCUT2D eigenvalue weighted by molar-refractivity contribution is -0.141. The number of carbonyl (C=O) groups excluding carboxylic acids is 1. The molecular weight excluding hydrogens is 282 g/mol. The van der Waals surface area contributed by atoms with Crippen molar-refractivity contribution in [1.29, 1.82) is 0 Å². The van der Waals surface area contributed by atoms with Gasteiger partial charge in [-0.3, -0.25) is 9.59 Å². The third-order valence-corrected chi connectivity index (χ3v) is 3.14. The Balaban J connectivity index is 2.76. The standard InChI is InChI=1S/C14H18ClNO4/c1-3-4-9(14(18)19)8-16-13(17)11-7-10(15)5-6-12(11)20-2/h5-7,9H,3-4,8H2,1-2H3,(H,16,17)(H,18,19). The summed E-state index contributed by atoms with van der Waals surface area (Å²) in [4.78, 5) is 23.1. The fourth-order valence-corrected chi connectivity index (χ4v) is 2.00. The molecule has 0 bridgehead atoms. The van der Waals surface area contributed by atoms with Crippen LogP contribution in [0.5, 0.6) is 5.75 Å². The summed E-state index contributed by atoms with van der Waals surface area (Å²) in [7, 11) is 1.46. The first-order valence-corrected chi connectivity index (χ1v) is 6.72. The number of hydrogen-bond acceptors (Lipinski definition) is 3. The van der Waals surface area contributed by atoms with Crippen LogP contribution >= 0.6 is 11.6 Å². The van der Waals surface area contributed by atoms with Crippen LogP contribution in [0.3, 0.4) is 0 Å². The zero-order valence-corrected chi connectivity index (χ0v) is 12.2. The van der Waals surface area contributed by atoms with Crippen LogP contribution in [0.1, 0.15) is 30.1 Å². The zero-order chi connectivity index (χ0) is 15.1. The van der Waals surface area contributed by atoms with Crippen molar-refractivity contribution in [3.8, 4) is 5.75 Å². The van der Waals surface area contributed by atoms with E-state index in [1.165, 1.54) is 13.2 Å². The molecule has 0 radical (unpaired) electrons. The van der Waals surface area contributed by atoms with E-state index in [0.29, 0.717) is 22.8 Å². The molecule has 1 aromatic carbocycles. The van der Waals surface area contributed by atoms with Gasteiger partial charge in [0.15, 0.2) is 0 Å². The van der Waals surface area contributed by atoms with Gasteiger partial charge in [0.1, 0.15) is 5.75 Å². The molecule has 110 valence electrons. The Hall–Kier alpha value is -1.75. The SMILES string of the molecule is CCCC(CNC(=O)c1cc(Cl)ccc1OC)C(=O)O. The van der Waals surface area contributed by atoms with E-state index < -0.39 is 17.8 Å². The normalized spacial score (nSPS) is 11.8. The minimum Gasteiger partial charge on any atom is -0.496 e. The highest BCUT2D eigenvalue weighted by Gasteiger charge is 2.19. The highest BCUT2D eigenvalue weighted by atomic mass is 35.5. The molecule has 0 heterocycles. The van der Waals surface area contributed by atoms with Crippen LogP contribution in [-0.4, -0.2) is 30.6 Å². The smallest absolute Gasteiger partial charge is 0.308 e. The van der Waals surface area contributed by atoms with E-state index in [2.05, 4.69) is 5.32 Å². The first-order valence-electron chi connectivity index (χ1n) is 6.34. The molecule has 0 aliphatic rings. The number of aliphatic carboxylic acids is 1. The van der Waals surface area contributed by atoms with E-state index in [1.807, 2.05) is 6.92 Å². The fourth-order valence-electron chi connectivity index (χ4n) is 1.83. The number of carbonyl (C=O) groups is 2. The first-order chi connectivity index (χ1) is 9.49. The molecule has 0 saturated heterocycles. The highest BCUT2D eigenvalue weighted by Crippen LogP contribution is 2.22. The third-order valence-electron chi connectivity index (χ3n) is 2.90. The Morgan fingerprint density at radius 2 is 2.15 bits per heavy atom. The second kappa shape index (κ2) is 7.75. The maximum Gasteiger partial charge on any atom is 0.308 e. The monoisotopic (exact) mass is 299 g/mol. The van der Waals surface area contributed by atoms with Gasteiger partial charge in [-0.25, -0.2) is 0 Å². The molecule has 20 heavy (non-hydrogen) atoms. The number of hydrogen-bond donors (Lipinski definition) is 2. The number of amides is 1. The molecule has 0 spiro atoms. The number of rotatable bonds is 7. The minimum absolute atomic E-state index is 0.0810. The third kappa shape index (κ3) is 4.42. The van der Waals surface area contributed by atoms with Crippen LogP contribution in [0.15, 0.2) is 18.2 Å². The van der Waals surface area contributed by atoms with E-state index in [9.17, 15) is 9.59 Å². The quantitative estimate of drug-likeness (QED) is 0.811. The van der Waals surface area contributed by atoms with Gasteiger partial charge < -0.3 is 15.2 Å². The largest absolute Gasteiger partial charge is 0.496 e. The lowest BCUT2D eigenvalue weighted by Gasteiger charge is -2.13. The Kier molecular flexibility index (Phi) is 6.31. The van der Waals surface area contributed by atoms with Gasteiger partial charge in [0, 0.05) is 11.6 Å². The second-order valence-electron chi connectivity index (χ2n) is 4.38. The highest BCUT2D eigenvalue weighted by molar-refractivity contribution is 6.31. The molecule has 5 nitrogen and oxygen atoms in total. The van der Waals surface area contributed by atoms with Gasteiger partial charge in [-0.15, -0.1) is 0 Å². The molecule has 1 aromatic rings. The summed E-state index contributed by atoms with van der Waals surface area (Å²) in [5, 5.41) is 12.1. The lowest BCUT2D eigenvalue weighted by atomic mass is 10.0. The van der Waals surface area contributed by atoms with E-state index in [1.54, 1.807) is 12.1 Å². The summed E-state index contributed by atoms with van der Waals surface area (Å²) < 4.78 is 5.09. The molecule has 1 atom stereocenters. The Bertz CT molecular complexity index is 490. The molecule has 2 N–H and O–H groups in total. The van der Waals surface area contributed by atoms with Crippen molar-refractivity contribution in [2.45, 2.75) is 19.8 Å². The van der Waals surface area contributed by atoms with Crippen molar-refractivity contribution in [1.82, 2.24) is 5.32 Å². The number of ether oxygens (including phenoxy) is 1. The predicted molar refractivity (Wildman–Crippen MR) is 76.4 cm³/mol. The van der Waals surface area contributed by atoms with Crippen molar-refractivity contribution in [3.05, 3.63) is 28.8 Å². The summed E-state index contributed by atoms with van der Waals surface area (Å²) in [5.74, 6) is -1.50. The van der Waals surface area contributed by atoms with Crippen LogP contribution in [0, 0.1) is 5.92 Å². The molecule has 6 heteroatoms. The Morgan fingerprint density at radius 1 is 1.45 bits per heavy atom. The number of methoxy groups -OCH3 is 1. The van der Waals surface area contributed by atoms with Crippen molar-refractivity contribution in [3.63, 3.8) is 0 Å². The number of halogens is 1. The molecule has 1 unspecified atom stereocenters. The van der Waals surface area contributed by atoms with Gasteiger partial charge in [-0.2, -0.15) is 0 Å². The molecule has 0 aliphatic heterocycles. The number of carboxylic acid groups (broad SMARTS) is 1. The predicted octanol–water partition coefficient (Wildman–Crippen LogP) is 2.58. The zero-order valence-electron chi connectivity index (χ0n) is 11.5. The van der Waals surface area contributed by atoms with E-state index in [4.69, 9.17) is 21.4 Å². The van der Waals surface area contributed by atoms with Crippen molar-refractivity contribution in [2.75, 3.05) is 13.7 Å². The maximum absolute atomic E-state index is 12.1. The van der Waals surface area contributed by atoms with Crippen LogP contribution in [0.25, 0.3) is 0 Å². The summed E-state index contributed by atoms with van der Waals surface area (Å²) in [6.07, 6.45) is 1.26. The van der Waals surface area contributed by atoms with Gasteiger partial charge in [0.25, 0.3) is 5.91 Å². The average Bonchev–Trinajstić information content (AvgIpc) is 2.42. The molecule has 0 aromatic heterocycles. The van der Waals surface area contributed by atoms with Gasteiger partial charge in [0.2, 0.25) is 0 Å².